The highest BCUT2D eigenvalue weighted by molar-refractivity contribution is 5.92. The molecule has 44 heavy (non-hydrogen) atoms. The minimum atomic E-state index is 0.765. The lowest BCUT2D eigenvalue weighted by atomic mass is 9.91. The summed E-state index contributed by atoms with van der Waals surface area (Å²) in [4.78, 5) is 2.27. The van der Waals surface area contributed by atoms with Crippen LogP contribution in [0.15, 0.2) is 182 Å². The van der Waals surface area contributed by atoms with E-state index in [1.807, 2.05) is 30.3 Å². The molecule has 0 aromatic heterocycles. The lowest BCUT2D eigenvalue weighted by Gasteiger charge is -2.25. The second kappa shape index (κ2) is 12.2. The highest BCUT2D eigenvalue weighted by Gasteiger charge is 2.15. The first kappa shape index (κ1) is 27.0. The Balaban J connectivity index is 1.19. The average molecular weight is 565 g/mol. The minimum absolute atomic E-state index is 0.765. The van der Waals surface area contributed by atoms with Gasteiger partial charge >= 0.3 is 0 Å². The Labute approximate surface area is 259 Å². The van der Waals surface area contributed by atoms with Crippen molar-refractivity contribution in [3.63, 3.8) is 0 Å². The van der Waals surface area contributed by atoms with Crippen molar-refractivity contribution in [2.24, 2.45) is 0 Å². The van der Waals surface area contributed by atoms with E-state index in [1.54, 1.807) is 0 Å². The van der Waals surface area contributed by atoms with E-state index >= 15 is 0 Å². The van der Waals surface area contributed by atoms with Gasteiger partial charge in [-0.1, -0.05) is 140 Å². The van der Waals surface area contributed by atoms with Gasteiger partial charge in [-0.25, -0.2) is 0 Å². The van der Waals surface area contributed by atoms with Crippen molar-refractivity contribution in [3.8, 4) is 44.5 Å². The molecule has 0 amide bonds. The second-order valence-electron chi connectivity index (χ2n) is 10.8. The Morgan fingerprint density at radius 1 is 0.295 bits per heavy atom. The number of nitrogens with two attached hydrogens (primary N) is 1. The molecule has 7 aromatic carbocycles. The molecule has 0 spiro atoms. The lowest BCUT2D eigenvalue weighted by molar-refractivity contribution is 1.28. The molecule has 7 aromatic rings. The molecule has 0 aliphatic carbocycles. The number of para-hydroxylation sites is 2. The first-order valence-electron chi connectivity index (χ1n) is 14.9. The predicted molar refractivity (Wildman–Crippen MR) is 187 cm³/mol. The van der Waals surface area contributed by atoms with Gasteiger partial charge in [0.1, 0.15) is 0 Å². The molecule has 0 unspecified atom stereocenters. The van der Waals surface area contributed by atoms with Crippen molar-refractivity contribution >= 4 is 22.7 Å². The molecule has 0 saturated carbocycles. The predicted octanol–water partition coefficient (Wildman–Crippen LogP) is 11.4. The Kier molecular flexibility index (Phi) is 7.47. The van der Waals surface area contributed by atoms with Crippen LogP contribution in [0.3, 0.4) is 0 Å². The van der Waals surface area contributed by atoms with E-state index in [2.05, 4.69) is 157 Å². The molecule has 2 nitrogen and oxygen atoms in total. The summed E-state index contributed by atoms with van der Waals surface area (Å²) in [6.07, 6.45) is 0. The lowest BCUT2D eigenvalue weighted by Crippen LogP contribution is -2.09. The zero-order valence-corrected chi connectivity index (χ0v) is 24.3. The molecular formula is C42H32N2. The van der Waals surface area contributed by atoms with Crippen LogP contribution in [0.2, 0.25) is 0 Å². The van der Waals surface area contributed by atoms with Gasteiger partial charge in [0.2, 0.25) is 0 Å². The molecule has 2 heteroatoms. The van der Waals surface area contributed by atoms with Gasteiger partial charge in [-0.05, 0) is 81.4 Å². The Morgan fingerprint density at radius 3 is 1.18 bits per heavy atom. The number of nitrogens with zero attached hydrogens (tertiary/aromatic N) is 1. The summed E-state index contributed by atoms with van der Waals surface area (Å²) in [5.74, 6) is 0. The van der Waals surface area contributed by atoms with Crippen LogP contribution in [0.1, 0.15) is 0 Å². The van der Waals surface area contributed by atoms with E-state index in [4.69, 9.17) is 5.73 Å². The third kappa shape index (κ3) is 5.49. The minimum Gasteiger partial charge on any atom is -0.398 e. The average Bonchev–Trinajstić information content (AvgIpc) is 3.10. The first-order valence-corrected chi connectivity index (χ1v) is 14.9. The summed E-state index contributed by atoms with van der Waals surface area (Å²) in [5.41, 5.74) is 19.9. The van der Waals surface area contributed by atoms with Crippen LogP contribution in [-0.4, -0.2) is 0 Å². The van der Waals surface area contributed by atoms with Crippen LogP contribution in [0.4, 0.5) is 22.7 Å². The molecule has 0 fully saturated rings. The van der Waals surface area contributed by atoms with Gasteiger partial charge in [0.15, 0.2) is 0 Å². The van der Waals surface area contributed by atoms with Crippen molar-refractivity contribution in [1.29, 1.82) is 0 Å². The summed E-state index contributed by atoms with van der Waals surface area (Å²) >= 11 is 0. The number of rotatable bonds is 7. The summed E-state index contributed by atoms with van der Waals surface area (Å²) in [5, 5.41) is 0. The van der Waals surface area contributed by atoms with Crippen molar-refractivity contribution in [2.45, 2.75) is 0 Å². The molecule has 7 rings (SSSR count). The van der Waals surface area contributed by atoms with Crippen molar-refractivity contribution in [3.05, 3.63) is 182 Å². The summed E-state index contributed by atoms with van der Waals surface area (Å²) in [7, 11) is 0. The van der Waals surface area contributed by atoms with Crippen LogP contribution in [0.25, 0.3) is 44.5 Å². The van der Waals surface area contributed by atoms with Gasteiger partial charge in [0.25, 0.3) is 0 Å². The van der Waals surface area contributed by atoms with E-state index < -0.39 is 0 Å². The Hall–Kier alpha value is -5.86. The maximum atomic E-state index is 6.63. The fourth-order valence-electron chi connectivity index (χ4n) is 5.84. The van der Waals surface area contributed by atoms with E-state index in [-0.39, 0.29) is 0 Å². The van der Waals surface area contributed by atoms with Gasteiger partial charge in [-0.15, -0.1) is 0 Å². The first-order chi connectivity index (χ1) is 21.7. The van der Waals surface area contributed by atoms with Crippen molar-refractivity contribution in [1.82, 2.24) is 0 Å². The normalized spacial score (nSPS) is 10.8. The zero-order chi connectivity index (χ0) is 29.7. The summed E-state index contributed by atoms with van der Waals surface area (Å²) < 4.78 is 0. The molecule has 0 aliphatic heterocycles. The maximum absolute atomic E-state index is 6.63. The zero-order valence-electron chi connectivity index (χ0n) is 24.3. The van der Waals surface area contributed by atoms with E-state index in [9.17, 15) is 0 Å². The fraction of sp³-hybridized carbons (Fsp3) is 0. The smallest absolute Gasteiger partial charge is 0.0462 e. The van der Waals surface area contributed by atoms with Gasteiger partial charge in [-0.2, -0.15) is 0 Å². The molecule has 2 N–H and O–H groups in total. The monoisotopic (exact) mass is 564 g/mol. The van der Waals surface area contributed by atoms with Crippen LogP contribution >= 0.6 is 0 Å². The summed E-state index contributed by atoms with van der Waals surface area (Å²) in [6, 6.07) is 63.8. The molecule has 0 bridgehead atoms. The van der Waals surface area contributed by atoms with Gasteiger partial charge in [0, 0.05) is 28.3 Å². The highest BCUT2D eigenvalue weighted by atomic mass is 15.1. The van der Waals surface area contributed by atoms with E-state index in [0.29, 0.717) is 0 Å². The molecular weight excluding hydrogens is 532 g/mol. The number of anilines is 4. The maximum Gasteiger partial charge on any atom is 0.0462 e. The quantitative estimate of drug-likeness (QED) is 0.195. The molecule has 0 saturated heterocycles. The number of benzene rings is 7. The molecule has 0 heterocycles. The standard InChI is InChI=1S/C42H32N2/c43-41-18-10-17-40(35-27-29-39(30-28-35)44(37-13-6-2-7-14-37)38-15-8-3-9-16-38)42(41)36-25-23-34(24-26-36)33-21-19-32(20-22-33)31-11-4-1-5-12-31/h1-30H,43H2. The van der Waals surface area contributed by atoms with Crippen LogP contribution in [0, 0.1) is 0 Å². The molecule has 0 radical (unpaired) electrons. The van der Waals surface area contributed by atoms with Crippen LogP contribution in [-0.2, 0) is 0 Å². The molecule has 210 valence electrons. The SMILES string of the molecule is Nc1cccc(-c2ccc(N(c3ccccc3)c3ccccc3)cc2)c1-c1ccc(-c2ccc(-c3ccccc3)cc2)cc1. The van der Waals surface area contributed by atoms with E-state index in [0.717, 1.165) is 45.0 Å². The number of hydrogen-bond acceptors (Lipinski definition) is 2. The Bertz CT molecular complexity index is 1920. The third-order valence-electron chi connectivity index (χ3n) is 8.06. The van der Waals surface area contributed by atoms with Gasteiger partial charge < -0.3 is 10.6 Å². The topological polar surface area (TPSA) is 29.3 Å². The van der Waals surface area contributed by atoms with Crippen LogP contribution < -0.4 is 10.6 Å². The van der Waals surface area contributed by atoms with Crippen LogP contribution in [0.5, 0.6) is 0 Å². The van der Waals surface area contributed by atoms with Gasteiger partial charge in [0.05, 0.1) is 0 Å². The second-order valence-corrected chi connectivity index (χ2v) is 10.8. The number of hydrogen-bond donors (Lipinski definition) is 1. The van der Waals surface area contributed by atoms with Crippen molar-refractivity contribution in [2.75, 3.05) is 10.6 Å². The fourth-order valence-corrected chi connectivity index (χ4v) is 5.84. The van der Waals surface area contributed by atoms with Gasteiger partial charge in [-0.3, -0.25) is 0 Å². The number of nitrogen functional groups attached to an aromatic ring is 1. The molecule has 0 atom stereocenters. The highest BCUT2D eigenvalue weighted by Crippen LogP contribution is 2.40. The third-order valence-corrected chi connectivity index (χ3v) is 8.06. The summed E-state index contributed by atoms with van der Waals surface area (Å²) in [6.45, 7) is 0. The van der Waals surface area contributed by atoms with Crippen molar-refractivity contribution < 1.29 is 0 Å². The largest absolute Gasteiger partial charge is 0.398 e. The van der Waals surface area contributed by atoms with E-state index in [1.165, 1.54) is 22.3 Å². The molecule has 0 aliphatic rings. The Morgan fingerprint density at radius 2 is 0.682 bits per heavy atom.